The number of allylic oxidation sites excluding steroid dienone is 1. The zero-order valence-electron chi connectivity index (χ0n) is 18.8. The number of hydrogen-bond donors (Lipinski definition) is 1. The van der Waals surface area contributed by atoms with E-state index < -0.39 is 29.7 Å². The molecule has 0 aromatic heterocycles. The Kier molecular flexibility index (Phi) is 7.22. The summed E-state index contributed by atoms with van der Waals surface area (Å²) >= 11 is 0. The summed E-state index contributed by atoms with van der Waals surface area (Å²) in [5, 5.41) is 18.6. The van der Waals surface area contributed by atoms with E-state index in [1.807, 2.05) is 12.1 Å². The predicted octanol–water partition coefficient (Wildman–Crippen LogP) is 4.90. The molecule has 1 aromatic carbocycles. The van der Waals surface area contributed by atoms with Crippen molar-refractivity contribution < 1.29 is 23.8 Å². The molecule has 32 heavy (non-hydrogen) atoms. The minimum Gasteiger partial charge on any atom is -0.493 e. The number of ether oxygens (including phenoxy) is 1. The lowest BCUT2D eigenvalue weighted by Gasteiger charge is -2.31. The second-order valence-electron chi connectivity index (χ2n) is 9.01. The van der Waals surface area contributed by atoms with E-state index in [0.717, 1.165) is 42.6 Å². The maximum Gasteiger partial charge on any atom is 0.326 e. The standard InChI is InChI=1S/C25H31FN2O4/c1-4-9-25(5-2,6-3)15-32-22-12-20(26)19(11-18(22)17-7-8-17)23(29)28-14-16(13-27)10-21(28)24(30)31/h4,11-12,16-17,21H,1,5-10,14-15H2,2-3H3,(H,30,31)/t16-,21+/m1/s1. The summed E-state index contributed by atoms with van der Waals surface area (Å²) in [5.74, 6) is -2.53. The van der Waals surface area contributed by atoms with Gasteiger partial charge in [0.2, 0.25) is 0 Å². The number of aliphatic carboxylic acids is 1. The van der Waals surface area contributed by atoms with Crippen LogP contribution >= 0.6 is 0 Å². The number of benzene rings is 1. The average Bonchev–Trinajstić information content (AvgIpc) is 3.53. The summed E-state index contributed by atoms with van der Waals surface area (Å²) < 4.78 is 21.2. The van der Waals surface area contributed by atoms with Gasteiger partial charge < -0.3 is 14.7 Å². The molecule has 1 aliphatic heterocycles. The van der Waals surface area contributed by atoms with Gasteiger partial charge in [-0.1, -0.05) is 19.9 Å². The number of rotatable bonds is 10. The predicted molar refractivity (Wildman–Crippen MR) is 118 cm³/mol. The molecule has 172 valence electrons. The lowest BCUT2D eigenvalue weighted by atomic mass is 9.80. The van der Waals surface area contributed by atoms with Gasteiger partial charge in [-0.3, -0.25) is 4.79 Å². The van der Waals surface area contributed by atoms with E-state index in [0.29, 0.717) is 12.4 Å². The largest absolute Gasteiger partial charge is 0.493 e. The van der Waals surface area contributed by atoms with Crippen molar-refractivity contribution in [3.63, 3.8) is 0 Å². The molecule has 0 unspecified atom stereocenters. The molecule has 1 heterocycles. The molecule has 1 saturated carbocycles. The zero-order valence-corrected chi connectivity index (χ0v) is 18.8. The van der Waals surface area contributed by atoms with Crippen LogP contribution in [0.5, 0.6) is 5.75 Å². The van der Waals surface area contributed by atoms with Crippen LogP contribution in [-0.4, -0.2) is 41.1 Å². The second-order valence-corrected chi connectivity index (χ2v) is 9.01. The molecule has 2 aliphatic rings. The molecular weight excluding hydrogens is 411 g/mol. The number of hydrogen-bond acceptors (Lipinski definition) is 4. The van der Waals surface area contributed by atoms with Crippen LogP contribution in [0.15, 0.2) is 24.8 Å². The van der Waals surface area contributed by atoms with Crippen molar-refractivity contribution in [3.8, 4) is 11.8 Å². The quantitative estimate of drug-likeness (QED) is 0.520. The van der Waals surface area contributed by atoms with Gasteiger partial charge in [-0.25, -0.2) is 9.18 Å². The highest BCUT2D eigenvalue weighted by Gasteiger charge is 2.41. The molecule has 6 nitrogen and oxygen atoms in total. The first kappa shape index (κ1) is 23.8. The van der Waals surface area contributed by atoms with Gasteiger partial charge in [0.05, 0.1) is 24.2 Å². The second kappa shape index (κ2) is 9.72. The molecule has 1 aliphatic carbocycles. The molecule has 0 radical (unpaired) electrons. The highest BCUT2D eigenvalue weighted by atomic mass is 19.1. The molecule has 1 aromatic rings. The molecule has 0 spiro atoms. The first-order valence-electron chi connectivity index (χ1n) is 11.3. The molecule has 0 bridgehead atoms. The number of carboxylic acids is 1. The number of carbonyl (C=O) groups excluding carboxylic acids is 1. The summed E-state index contributed by atoms with van der Waals surface area (Å²) in [4.78, 5) is 25.8. The monoisotopic (exact) mass is 442 g/mol. The number of nitrogens with zero attached hydrogens (tertiary/aromatic N) is 2. The van der Waals surface area contributed by atoms with Crippen molar-refractivity contribution >= 4 is 11.9 Å². The van der Waals surface area contributed by atoms with Crippen LogP contribution < -0.4 is 4.74 Å². The summed E-state index contributed by atoms with van der Waals surface area (Å²) in [6.45, 7) is 8.46. The Balaban J connectivity index is 1.89. The molecule has 2 atom stereocenters. The normalized spacial score (nSPS) is 20.6. The fourth-order valence-electron chi connectivity index (χ4n) is 4.46. The molecule has 1 amide bonds. The Hall–Kier alpha value is -2.88. The number of carboxylic acid groups (broad SMARTS) is 1. The highest BCUT2D eigenvalue weighted by molar-refractivity contribution is 5.97. The van der Waals surface area contributed by atoms with Crippen molar-refractivity contribution in [1.29, 1.82) is 5.26 Å². The number of halogens is 1. The van der Waals surface area contributed by atoms with Crippen LogP contribution in [0, 0.1) is 28.5 Å². The molecular formula is C25H31FN2O4. The third kappa shape index (κ3) is 4.79. The number of amides is 1. The van der Waals surface area contributed by atoms with Crippen molar-refractivity contribution in [2.24, 2.45) is 11.3 Å². The highest BCUT2D eigenvalue weighted by Crippen LogP contribution is 2.46. The van der Waals surface area contributed by atoms with Crippen LogP contribution in [0.2, 0.25) is 0 Å². The van der Waals surface area contributed by atoms with E-state index in [4.69, 9.17) is 4.74 Å². The van der Waals surface area contributed by atoms with Gasteiger partial charge >= 0.3 is 5.97 Å². The lowest BCUT2D eigenvalue weighted by Crippen LogP contribution is -2.40. The van der Waals surface area contributed by atoms with Crippen LogP contribution in [0.1, 0.15) is 74.2 Å². The van der Waals surface area contributed by atoms with Gasteiger partial charge in [0.1, 0.15) is 17.6 Å². The van der Waals surface area contributed by atoms with E-state index in [1.165, 1.54) is 12.1 Å². The molecule has 2 fully saturated rings. The summed E-state index contributed by atoms with van der Waals surface area (Å²) in [7, 11) is 0. The van der Waals surface area contributed by atoms with Gasteiger partial charge in [0.15, 0.2) is 0 Å². The van der Waals surface area contributed by atoms with Crippen LogP contribution in [0.4, 0.5) is 4.39 Å². The minimum atomic E-state index is -1.18. The molecule has 3 rings (SSSR count). The van der Waals surface area contributed by atoms with E-state index in [-0.39, 0.29) is 29.9 Å². The summed E-state index contributed by atoms with van der Waals surface area (Å²) in [6, 6.07) is 3.68. The van der Waals surface area contributed by atoms with Crippen LogP contribution in [0.3, 0.4) is 0 Å². The van der Waals surface area contributed by atoms with Gasteiger partial charge in [0.25, 0.3) is 5.91 Å². The van der Waals surface area contributed by atoms with E-state index in [2.05, 4.69) is 20.4 Å². The third-order valence-corrected chi connectivity index (χ3v) is 6.99. The lowest BCUT2D eigenvalue weighted by molar-refractivity contribution is -0.141. The molecule has 1 saturated heterocycles. The SMILES string of the molecule is C=CCC(CC)(CC)COc1cc(F)c(C(=O)N2C[C@@H](C#N)C[C@H]2C(=O)O)cc1C1CC1. The van der Waals surface area contributed by atoms with Crippen LogP contribution in [0.25, 0.3) is 0 Å². The Morgan fingerprint density at radius 2 is 2.06 bits per heavy atom. The first-order chi connectivity index (χ1) is 15.3. The fourth-order valence-corrected chi connectivity index (χ4v) is 4.46. The summed E-state index contributed by atoms with van der Waals surface area (Å²) in [6.07, 6.45) is 6.40. The van der Waals surface area contributed by atoms with Gasteiger partial charge in [-0.15, -0.1) is 6.58 Å². The summed E-state index contributed by atoms with van der Waals surface area (Å²) in [5.41, 5.74) is 0.550. The van der Waals surface area contributed by atoms with E-state index >= 15 is 4.39 Å². The van der Waals surface area contributed by atoms with Crippen LogP contribution in [-0.2, 0) is 4.79 Å². The maximum absolute atomic E-state index is 15.1. The number of likely N-dealkylation sites (tertiary alicyclic amines) is 1. The van der Waals surface area contributed by atoms with Gasteiger partial charge in [0, 0.05) is 18.0 Å². The third-order valence-electron chi connectivity index (χ3n) is 6.99. The van der Waals surface area contributed by atoms with E-state index in [1.54, 1.807) is 0 Å². The average molecular weight is 443 g/mol. The Morgan fingerprint density at radius 1 is 1.38 bits per heavy atom. The fraction of sp³-hybridized carbons (Fsp3) is 0.560. The zero-order chi connectivity index (χ0) is 23.5. The van der Waals surface area contributed by atoms with Crippen molar-refractivity contribution in [2.75, 3.05) is 13.2 Å². The Morgan fingerprint density at radius 3 is 2.59 bits per heavy atom. The van der Waals surface area contributed by atoms with Gasteiger partial charge in [-0.2, -0.15) is 5.26 Å². The van der Waals surface area contributed by atoms with Crippen molar-refractivity contribution in [1.82, 2.24) is 4.90 Å². The maximum atomic E-state index is 15.1. The topological polar surface area (TPSA) is 90.6 Å². The van der Waals surface area contributed by atoms with Gasteiger partial charge in [-0.05, 0) is 56.1 Å². The Bertz CT molecular complexity index is 931. The molecule has 7 heteroatoms. The van der Waals surface area contributed by atoms with Crippen molar-refractivity contribution in [3.05, 3.63) is 41.7 Å². The minimum absolute atomic E-state index is 0.0141. The molecule has 1 N–H and O–H groups in total. The van der Waals surface area contributed by atoms with Crippen molar-refractivity contribution in [2.45, 2.75) is 64.3 Å². The Labute approximate surface area is 188 Å². The van der Waals surface area contributed by atoms with E-state index in [9.17, 15) is 20.0 Å². The number of carbonyl (C=O) groups is 2. The first-order valence-corrected chi connectivity index (χ1v) is 11.3. The smallest absolute Gasteiger partial charge is 0.326 e. The number of nitriles is 1.